The maximum Gasteiger partial charge on any atom is 0.122 e. The molecule has 0 aromatic heterocycles. The monoisotopic (exact) mass is 313 g/mol. The third kappa shape index (κ3) is 5.40. The van der Waals surface area contributed by atoms with Crippen LogP contribution in [0.15, 0.2) is 22.7 Å². The summed E-state index contributed by atoms with van der Waals surface area (Å²) < 4.78 is 6.90. The average Bonchev–Trinajstić information content (AvgIpc) is 2.26. The van der Waals surface area contributed by atoms with E-state index in [4.69, 9.17) is 10.5 Å². The van der Waals surface area contributed by atoms with Crippen LogP contribution in [-0.4, -0.2) is 12.6 Å². The number of benzene rings is 1. The summed E-state index contributed by atoms with van der Waals surface area (Å²) in [4.78, 5) is 0. The molecule has 0 aliphatic carbocycles. The quantitative estimate of drug-likeness (QED) is 0.820. The Hall–Kier alpha value is -0.540. The van der Waals surface area contributed by atoms with Gasteiger partial charge in [0.15, 0.2) is 0 Å². The molecule has 3 heteroatoms. The Bertz CT molecular complexity index is 366. The first kappa shape index (κ1) is 15.5. The van der Waals surface area contributed by atoms with Crippen LogP contribution in [0.4, 0.5) is 0 Å². The molecule has 0 saturated heterocycles. The van der Waals surface area contributed by atoms with Gasteiger partial charge in [-0.3, -0.25) is 0 Å². The Labute approximate surface area is 119 Å². The van der Waals surface area contributed by atoms with E-state index < -0.39 is 0 Å². The molecule has 1 aromatic rings. The van der Waals surface area contributed by atoms with Crippen LogP contribution in [0.5, 0.6) is 5.75 Å². The van der Waals surface area contributed by atoms with Gasteiger partial charge in [0.1, 0.15) is 5.75 Å². The largest absolute Gasteiger partial charge is 0.493 e. The van der Waals surface area contributed by atoms with E-state index in [1.165, 1.54) is 5.56 Å². The van der Waals surface area contributed by atoms with Gasteiger partial charge in [-0.1, -0.05) is 29.8 Å². The van der Waals surface area contributed by atoms with Crippen molar-refractivity contribution in [1.82, 2.24) is 0 Å². The summed E-state index contributed by atoms with van der Waals surface area (Å²) in [6.07, 6.45) is 3.09. The normalized spacial score (nSPS) is 14.3. The third-order valence-electron chi connectivity index (χ3n) is 2.83. The van der Waals surface area contributed by atoms with Gasteiger partial charge in [-0.2, -0.15) is 0 Å². The van der Waals surface area contributed by atoms with Crippen LogP contribution in [-0.2, 0) is 6.42 Å². The predicted octanol–water partition coefficient (Wildman–Crippen LogP) is 4.15. The lowest BCUT2D eigenvalue weighted by Gasteiger charge is -2.17. The van der Waals surface area contributed by atoms with Crippen LogP contribution in [0.1, 0.15) is 39.2 Å². The molecule has 0 aliphatic rings. The highest BCUT2D eigenvalue weighted by Gasteiger charge is 2.11. The molecule has 2 nitrogen and oxygen atoms in total. The number of halogens is 1. The van der Waals surface area contributed by atoms with E-state index in [2.05, 4.69) is 42.8 Å². The molecule has 2 unspecified atom stereocenters. The predicted molar refractivity (Wildman–Crippen MR) is 81.1 cm³/mol. The van der Waals surface area contributed by atoms with Crippen molar-refractivity contribution in [2.75, 3.05) is 6.61 Å². The Morgan fingerprint density at radius 2 is 2.06 bits per heavy atom. The zero-order chi connectivity index (χ0) is 13.5. The molecule has 0 saturated carbocycles. The zero-order valence-corrected chi connectivity index (χ0v) is 13.2. The lowest BCUT2D eigenvalue weighted by atomic mass is 9.95. The summed E-state index contributed by atoms with van der Waals surface area (Å²) in [5.74, 6) is 1.58. The van der Waals surface area contributed by atoms with Crippen molar-refractivity contribution in [3.8, 4) is 5.75 Å². The zero-order valence-electron chi connectivity index (χ0n) is 11.6. The molecule has 1 aromatic carbocycles. The molecule has 102 valence electrons. The molecule has 0 spiro atoms. The highest BCUT2D eigenvalue weighted by molar-refractivity contribution is 9.10. The van der Waals surface area contributed by atoms with E-state index >= 15 is 0 Å². The Balaban J connectivity index is 2.74. The Morgan fingerprint density at radius 1 is 1.33 bits per heavy atom. The molecule has 1 rings (SSSR count). The molecule has 0 fully saturated rings. The highest BCUT2D eigenvalue weighted by Crippen LogP contribution is 2.27. The minimum absolute atomic E-state index is 0.257. The van der Waals surface area contributed by atoms with E-state index in [1.807, 2.05) is 12.1 Å². The minimum Gasteiger partial charge on any atom is -0.493 e. The van der Waals surface area contributed by atoms with Crippen molar-refractivity contribution in [2.24, 2.45) is 11.7 Å². The highest BCUT2D eigenvalue weighted by atomic mass is 79.9. The maximum absolute atomic E-state index is 5.85. The van der Waals surface area contributed by atoms with E-state index in [0.29, 0.717) is 5.92 Å². The topological polar surface area (TPSA) is 35.2 Å². The second kappa shape index (κ2) is 7.80. The van der Waals surface area contributed by atoms with Crippen molar-refractivity contribution in [1.29, 1.82) is 0 Å². The molecule has 18 heavy (non-hydrogen) atoms. The van der Waals surface area contributed by atoms with Gasteiger partial charge < -0.3 is 10.5 Å². The summed E-state index contributed by atoms with van der Waals surface area (Å²) in [5, 5.41) is 0. The molecule has 0 amide bonds. The van der Waals surface area contributed by atoms with Crippen LogP contribution in [0.3, 0.4) is 0 Å². The van der Waals surface area contributed by atoms with Gasteiger partial charge in [-0.05, 0) is 55.9 Å². The van der Waals surface area contributed by atoms with Crippen LogP contribution < -0.4 is 10.5 Å². The fourth-order valence-corrected chi connectivity index (χ4v) is 2.56. The lowest BCUT2D eigenvalue weighted by Crippen LogP contribution is -2.19. The fraction of sp³-hybridized carbons (Fsp3) is 0.600. The SMILES string of the molecule is CCCOc1ccc(Br)cc1CC(C)CC(C)N. The Kier molecular flexibility index (Phi) is 6.72. The second-order valence-electron chi connectivity index (χ2n) is 5.12. The van der Waals surface area contributed by atoms with Crippen LogP contribution in [0.25, 0.3) is 0 Å². The van der Waals surface area contributed by atoms with Crippen molar-refractivity contribution in [2.45, 2.75) is 46.1 Å². The average molecular weight is 314 g/mol. The smallest absolute Gasteiger partial charge is 0.122 e. The Morgan fingerprint density at radius 3 is 2.67 bits per heavy atom. The van der Waals surface area contributed by atoms with Gasteiger partial charge in [0.05, 0.1) is 6.61 Å². The number of ether oxygens (including phenoxy) is 1. The van der Waals surface area contributed by atoms with Gasteiger partial charge in [-0.25, -0.2) is 0 Å². The van der Waals surface area contributed by atoms with Gasteiger partial charge in [0, 0.05) is 10.5 Å². The van der Waals surface area contributed by atoms with Crippen LogP contribution in [0.2, 0.25) is 0 Å². The minimum atomic E-state index is 0.257. The maximum atomic E-state index is 5.85. The summed E-state index contributed by atoms with van der Waals surface area (Å²) >= 11 is 3.53. The van der Waals surface area contributed by atoms with E-state index in [9.17, 15) is 0 Å². The summed E-state index contributed by atoms with van der Waals surface area (Å²) in [6, 6.07) is 6.49. The molecule has 0 radical (unpaired) electrons. The molecule has 0 heterocycles. The summed E-state index contributed by atoms with van der Waals surface area (Å²) in [5.41, 5.74) is 7.12. The van der Waals surface area contributed by atoms with Crippen molar-refractivity contribution in [3.63, 3.8) is 0 Å². The standard InChI is InChI=1S/C15H24BrNO/c1-4-7-18-15-6-5-14(16)10-13(15)9-11(2)8-12(3)17/h5-6,10-12H,4,7-9,17H2,1-3H3. The molecular formula is C15H24BrNO. The fourth-order valence-electron chi connectivity index (χ4n) is 2.15. The molecule has 0 aliphatic heterocycles. The van der Waals surface area contributed by atoms with E-state index in [-0.39, 0.29) is 6.04 Å². The van der Waals surface area contributed by atoms with Crippen molar-refractivity contribution >= 4 is 15.9 Å². The third-order valence-corrected chi connectivity index (χ3v) is 3.32. The summed E-state index contributed by atoms with van der Waals surface area (Å²) in [6.45, 7) is 7.20. The van der Waals surface area contributed by atoms with Crippen LogP contribution in [0, 0.1) is 5.92 Å². The summed E-state index contributed by atoms with van der Waals surface area (Å²) in [7, 11) is 0. The molecular weight excluding hydrogens is 290 g/mol. The number of hydrogen-bond acceptors (Lipinski definition) is 2. The van der Waals surface area contributed by atoms with Gasteiger partial charge in [-0.15, -0.1) is 0 Å². The first-order chi connectivity index (χ1) is 8.52. The molecule has 2 N–H and O–H groups in total. The van der Waals surface area contributed by atoms with Gasteiger partial charge >= 0.3 is 0 Å². The van der Waals surface area contributed by atoms with Gasteiger partial charge in [0.25, 0.3) is 0 Å². The number of rotatable bonds is 7. The number of hydrogen-bond donors (Lipinski definition) is 1. The molecule has 0 bridgehead atoms. The van der Waals surface area contributed by atoms with Crippen LogP contribution >= 0.6 is 15.9 Å². The first-order valence-corrected chi connectivity index (χ1v) is 7.49. The first-order valence-electron chi connectivity index (χ1n) is 6.69. The lowest BCUT2D eigenvalue weighted by molar-refractivity contribution is 0.311. The van der Waals surface area contributed by atoms with Gasteiger partial charge in [0.2, 0.25) is 0 Å². The molecule has 2 atom stereocenters. The van der Waals surface area contributed by atoms with E-state index in [0.717, 1.165) is 36.1 Å². The van der Waals surface area contributed by atoms with Crippen molar-refractivity contribution in [3.05, 3.63) is 28.2 Å². The van der Waals surface area contributed by atoms with Crippen molar-refractivity contribution < 1.29 is 4.74 Å². The second-order valence-corrected chi connectivity index (χ2v) is 6.04. The van der Waals surface area contributed by atoms with E-state index in [1.54, 1.807) is 0 Å². The number of nitrogens with two attached hydrogens (primary N) is 1.